The molecule has 2 aliphatic rings. The highest BCUT2D eigenvalue weighted by Gasteiger charge is 2.55. The second-order valence-electron chi connectivity index (χ2n) is 9.79. The minimum Gasteiger partial charge on any atom is -0.477 e. The van der Waals surface area contributed by atoms with Gasteiger partial charge in [0.1, 0.15) is 17.4 Å². The Morgan fingerprint density at radius 1 is 0.951 bits per heavy atom. The van der Waals surface area contributed by atoms with E-state index in [9.17, 15) is 30.8 Å². The number of ether oxygens (including phenoxy) is 1. The highest BCUT2D eigenvalue weighted by molar-refractivity contribution is 7.90. The van der Waals surface area contributed by atoms with Crippen LogP contribution in [0, 0.1) is 5.82 Å². The Kier molecular flexibility index (Phi) is 7.41. The fourth-order valence-corrected chi connectivity index (χ4v) is 5.52. The highest BCUT2D eigenvalue weighted by Crippen LogP contribution is 2.45. The first-order chi connectivity index (χ1) is 19.4. The molecule has 3 aromatic rings. The zero-order valence-electron chi connectivity index (χ0n) is 21.7. The fraction of sp³-hybridized carbons (Fsp3) is 0.286. The summed E-state index contributed by atoms with van der Waals surface area (Å²) in [4.78, 5) is 21.4. The molecule has 0 bridgehead atoms. The van der Waals surface area contributed by atoms with E-state index in [1.54, 1.807) is 6.07 Å². The quantitative estimate of drug-likeness (QED) is 0.386. The molecule has 2 fully saturated rings. The van der Waals surface area contributed by atoms with Gasteiger partial charge in [0, 0.05) is 56.3 Å². The van der Waals surface area contributed by atoms with Crippen molar-refractivity contribution in [3.05, 3.63) is 84.7 Å². The summed E-state index contributed by atoms with van der Waals surface area (Å²) in [6, 6.07) is 16.7. The fourth-order valence-electron chi connectivity index (χ4n) is 4.51. The number of allylic oxidation sites excluding steroid dienone is 1. The summed E-state index contributed by atoms with van der Waals surface area (Å²) < 4.78 is 87.4. The molecule has 1 saturated heterocycles. The van der Waals surface area contributed by atoms with Crippen LogP contribution in [0.3, 0.4) is 0 Å². The summed E-state index contributed by atoms with van der Waals surface area (Å²) in [6.45, 7) is 5.58. The Morgan fingerprint density at radius 2 is 1.61 bits per heavy atom. The predicted molar refractivity (Wildman–Crippen MR) is 145 cm³/mol. The molecule has 13 heteroatoms. The third-order valence-corrected chi connectivity index (χ3v) is 8.20. The van der Waals surface area contributed by atoms with Gasteiger partial charge in [-0.05, 0) is 36.4 Å². The zero-order chi connectivity index (χ0) is 29.4. The molecule has 0 radical (unpaired) electrons. The first-order valence-electron chi connectivity index (χ1n) is 12.7. The number of aromatic nitrogens is 1. The third kappa shape index (κ3) is 6.14. The van der Waals surface area contributed by atoms with Crippen LogP contribution in [0.5, 0.6) is 5.75 Å². The molecule has 2 aromatic carbocycles. The van der Waals surface area contributed by atoms with Crippen LogP contribution in [0.1, 0.15) is 18.4 Å². The van der Waals surface area contributed by atoms with Crippen LogP contribution < -0.4 is 19.3 Å². The Hall–Kier alpha value is -4.13. The van der Waals surface area contributed by atoms with Gasteiger partial charge in [-0.25, -0.2) is 14.1 Å². The number of nitrogens with one attached hydrogen (secondary N) is 1. The summed E-state index contributed by atoms with van der Waals surface area (Å²) in [7, 11) is -4.47. The molecule has 216 valence electrons. The van der Waals surface area contributed by atoms with E-state index in [0.717, 1.165) is 17.8 Å². The van der Waals surface area contributed by atoms with Crippen LogP contribution >= 0.6 is 0 Å². The summed E-state index contributed by atoms with van der Waals surface area (Å²) in [5.74, 6) is -2.13. The maximum absolute atomic E-state index is 13.9. The summed E-state index contributed by atoms with van der Waals surface area (Å²) >= 11 is 0. The predicted octanol–water partition coefficient (Wildman–Crippen LogP) is 4.54. The number of carbonyl (C=O) groups excluding carboxylic acids is 1. The van der Waals surface area contributed by atoms with Crippen molar-refractivity contribution >= 4 is 33.0 Å². The monoisotopic (exact) mass is 590 g/mol. The van der Waals surface area contributed by atoms with Crippen molar-refractivity contribution in [2.75, 3.05) is 36.0 Å². The molecule has 0 unspecified atom stereocenters. The Morgan fingerprint density at radius 3 is 2.24 bits per heavy atom. The molecular formula is C28H26F4N4O4S. The van der Waals surface area contributed by atoms with Crippen LogP contribution in [0.25, 0.3) is 5.57 Å². The number of pyridine rings is 1. The molecule has 1 amide bonds. The number of hydrogen-bond acceptors (Lipinski definition) is 7. The van der Waals surface area contributed by atoms with Gasteiger partial charge < -0.3 is 14.5 Å². The van der Waals surface area contributed by atoms with Gasteiger partial charge in [0.15, 0.2) is 10.6 Å². The number of anilines is 2. The molecule has 0 atom stereocenters. The summed E-state index contributed by atoms with van der Waals surface area (Å²) in [5, 5.41) is -0.401. The van der Waals surface area contributed by atoms with E-state index in [-0.39, 0.29) is 12.8 Å². The number of rotatable bonds is 8. The Labute approximate surface area is 234 Å². The lowest BCUT2D eigenvalue weighted by molar-refractivity contribution is -0.127. The van der Waals surface area contributed by atoms with Gasteiger partial charge in [0.05, 0.1) is 5.57 Å². The van der Waals surface area contributed by atoms with Crippen molar-refractivity contribution in [3.63, 3.8) is 0 Å². The van der Waals surface area contributed by atoms with Crippen molar-refractivity contribution in [2.45, 2.75) is 29.6 Å². The van der Waals surface area contributed by atoms with E-state index in [1.807, 2.05) is 40.0 Å². The molecule has 1 aliphatic heterocycles. The lowest BCUT2D eigenvalue weighted by atomic mass is 10.1. The topological polar surface area (TPSA) is 91.8 Å². The highest BCUT2D eigenvalue weighted by atomic mass is 32.2. The van der Waals surface area contributed by atoms with Gasteiger partial charge in [0.2, 0.25) is 0 Å². The normalized spacial score (nSPS) is 16.7. The number of halogens is 4. The largest absolute Gasteiger partial charge is 0.477 e. The molecule has 5 rings (SSSR count). The lowest BCUT2D eigenvalue weighted by Gasteiger charge is -2.36. The summed E-state index contributed by atoms with van der Waals surface area (Å²) in [5.41, 5.74) is -2.54. The number of para-hydroxylation sites is 1. The number of sulfonamides is 1. The maximum Gasteiger partial charge on any atom is 0.416 e. The summed E-state index contributed by atoms with van der Waals surface area (Å²) in [6.07, 6.45) is -4.80. The molecule has 1 N–H and O–H groups in total. The standard InChI is InChI=1S/C28H26F4N4O4S/c1-19(28(30,31)32)22-11-10-20(29)18-23(22)40-27(12-13-27)26(37)34-41(38,39)25-9-5-8-24(33-25)36-16-14-35(15-17-36)21-6-3-2-4-7-21/h2-11,18H,1,12-17H2,(H,34,37). The molecule has 0 spiro atoms. The van der Waals surface area contributed by atoms with E-state index in [0.29, 0.717) is 38.1 Å². The number of nitrogens with zero attached hydrogens (tertiary/aromatic N) is 3. The van der Waals surface area contributed by atoms with E-state index in [4.69, 9.17) is 4.74 Å². The average Bonchev–Trinajstić information content (AvgIpc) is 3.73. The molecule has 1 saturated carbocycles. The Balaban J connectivity index is 1.29. The van der Waals surface area contributed by atoms with Gasteiger partial charge in [-0.3, -0.25) is 4.79 Å². The SMILES string of the molecule is C=C(c1ccc(F)cc1OC1(C(=O)NS(=O)(=O)c2cccc(N3CCN(c4ccccc4)CC3)n2)CC1)C(F)(F)F. The van der Waals surface area contributed by atoms with Gasteiger partial charge in [-0.15, -0.1) is 0 Å². The minimum absolute atomic E-state index is 0.0158. The number of hydrogen-bond donors (Lipinski definition) is 1. The van der Waals surface area contributed by atoms with Crippen molar-refractivity contribution in [2.24, 2.45) is 0 Å². The number of alkyl halides is 3. The second kappa shape index (κ2) is 10.7. The van der Waals surface area contributed by atoms with Crippen LogP contribution in [-0.2, 0) is 14.8 Å². The maximum atomic E-state index is 13.9. The van der Waals surface area contributed by atoms with Gasteiger partial charge in [0.25, 0.3) is 15.9 Å². The van der Waals surface area contributed by atoms with Crippen LogP contribution in [0.4, 0.5) is 29.1 Å². The van der Waals surface area contributed by atoms with E-state index in [2.05, 4.69) is 16.5 Å². The van der Waals surface area contributed by atoms with E-state index >= 15 is 0 Å². The van der Waals surface area contributed by atoms with Crippen LogP contribution in [0.2, 0.25) is 0 Å². The molecule has 41 heavy (non-hydrogen) atoms. The third-order valence-electron chi connectivity index (χ3n) is 6.97. The zero-order valence-corrected chi connectivity index (χ0v) is 22.5. The van der Waals surface area contributed by atoms with Crippen LogP contribution in [-0.4, -0.2) is 57.3 Å². The second-order valence-corrected chi connectivity index (χ2v) is 11.4. The molecule has 1 aliphatic carbocycles. The average molecular weight is 591 g/mol. The number of piperazine rings is 1. The van der Waals surface area contributed by atoms with Gasteiger partial charge in [-0.1, -0.05) is 30.8 Å². The van der Waals surface area contributed by atoms with Crippen molar-refractivity contribution in [1.82, 2.24) is 9.71 Å². The first kappa shape index (κ1) is 28.4. The number of carbonyl (C=O) groups is 1. The molecule has 8 nitrogen and oxygen atoms in total. The molecular weight excluding hydrogens is 564 g/mol. The van der Waals surface area contributed by atoms with Crippen LogP contribution in [0.15, 0.2) is 78.3 Å². The lowest BCUT2D eigenvalue weighted by Crippen LogP contribution is -2.47. The smallest absolute Gasteiger partial charge is 0.416 e. The van der Waals surface area contributed by atoms with Crippen molar-refractivity contribution in [3.8, 4) is 5.75 Å². The molecule has 1 aromatic heterocycles. The number of amides is 1. The first-order valence-corrected chi connectivity index (χ1v) is 14.2. The van der Waals surface area contributed by atoms with Crippen molar-refractivity contribution in [1.29, 1.82) is 0 Å². The van der Waals surface area contributed by atoms with Gasteiger partial charge >= 0.3 is 6.18 Å². The minimum atomic E-state index is -4.83. The van der Waals surface area contributed by atoms with Crippen molar-refractivity contribution < 1.29 is 35.5 Å². The van der Waals surface area contributed by atoms with Gasteiger partial charge in [-0.2, -0.15) is 21.6 Å². The van der Waals surface area contributed by atoms with E-state index < -0.39 is 55.4 Å². The number of benzene rings is 2. The Bertz CT molecular complexity index is 1570. The van der Waals surface area contributed by atoms with E-state index in [1.165, 1.54) is 12.1 Å². The molecule has 2 heterocycles.